The maximum absolute atomic E-state index is 10.2. The predicted octanol–water partition coefficient (Wildman–Crippen LogP) is 0.711. The highest BCUT2D eigenvalue weighted by atomic mass is 16.5. The summed E-state index contributed by atoms with van der Waals surface area (Å²) < 4.78 is 4.70. The average molecular weight is 192 g/mol. The van der Waals surface area contributed by atoms with Gasteiger partial charge in [0.1, 0.15) is 0 Å². The van der Waals surface area contributed by atoms with Gasteiger partial charge in [-0.05, 0) is 6.42 Å². The Balaban J connectivity index is 0. The number of unbranched alkanes of at least 4 members (excludes halogenated alkanes) is 2. The van der Waals surface area contributed by atoms with Gasteiger partial charge in [-0.25, -0.2) is 0 Å². The van der Waals surface area contributed by atoms with Crippen LogP contribution >= 0.6 is 0 Å². The number of hydrogen-bond donors (Lipinski definition) is 2. The van der Waals surface area contributed by atoms with Crippen LogP contribution in [0, 0.1) is 0 Å². The SMILES string of the molecule is CCCCCOC(C)=O.OCCO. The van der Waals surface area contributed by atoms with Gasteiger partial charge in [0.05, 0.1) is 19.8 Å². The molecule has 0 aliphatic heterocycles. The van der Waals surface area contributed by atoms with Gasteiger partial charge in [-0.1, -0.05) is 19.8 Å². The zero-order chi connectivity index (χ0) is 10.5. The molecule has 0 aromatic carbocycles. The molecule has 80 valence electrons. The summed E-state index contributed by atoms with van der Waals surface area (Å²) in [4.78, 5) is 10.2. The standard InChI is InChI=1S/C7H14O2.C2H6O2/c1-3-4-5-6-9-7(2)8;3-1-2-4/h3-6H2,1-2H3;3-4H,1-2H2. The van der Waals surface area contributed by atoms with E-state index < -0.39 is 0 Å². The molecule has 0 aliphatic rings. The third-order valence-electron chi connectivity index (χ3n) is 1.15. The van der Waals surface area contributed by atoms with Crippen molar-refractivity contribution in [2.45, 2.75) is 33.1 Å². The molecule has 0 saturated carbocycles. The van der Waals surface area contributed by atoms with Crippen LogP contribution in [0.2, 0.25) is 0 Å². The van der Waals surface area contributed by atoms with Crippen molar-refractivity contribution in [1.82, 2.24) is 0 Å². The van der Waals surface area contributed by atoms with Crippen LogP contribution in [0.15, 0.2) is 0 Å². The Morgan fingerprint density at radius 1 is 1.23 bits per heavy atom. The number of rotatable bonds is 5. The topological polar surface area (TPSA) is 66.8 Å². The molecule has 0 aliphatic carbocycles. The third-order valence-corrected chi connectivity index (χ3v) is 1.15. The van der Waals surface area contributed by atoms with Crippen LogP contribution < -0.4 is 0 Å². The van der Waals surface area contributed by atoms with Crippen LogP contribution in [-0.4, -0.2) is 36.0 Å². The highest BCUT2D eigenvalue weighted by Gasteiger charge is 1.89. The molecule has 0 amide bonds. The molecule has 0 spiro atoms. The van der Waals surface area contributed by atoms with E-state index in [1.54, 1.807) is 0 Å². The van der Waals surface area contributed by atoms with Crippen molar-refractivity contribution >= 4 is 5.97 Å². The van der Waals surface area contributed by atoms with E-state index in [-0.39, 0.29) is 19.2 Å². The second kappa shape index (κ2) is 13.9. The lowest BCUT2D eigenvalue weighted by atomic mass is 10.3. The Kier molecular flexibility index (Phi) is 16.0. The van der Waals surface area contributed by atoms with Crippen molar-refractivity contribution in [2.24, 2.45) is 0 Å². The van der Waals surface area contributed by atoms with Crippen LogP contribution in [0.5, 0.6) is 0 Å². The van der Waals surface area contributed by atoms with Gasteiger partial charge in [-0.3, -0.25) is 4.79 Å². The van der Waals surface area contributed by atoms with Crippen molar-refractivity contribution in [1.29, 1.82) is 0 Å². The zero-order valence-electron chi connectivity index (χ0n) is 8.45. The lowest BCUT2D eigenvalue weighted by molar-refractivity contribution is -0.141. The van der Waals surface area contributed by atoms with Gasteiger partial charge in [-0.15, -0.1) is 0 Å². The molecule has 0 aromatic rings. The van der Waals surface area contributed by atoms with E-state index in [1.807, 2.05) is 0 Å². The summed E-state index contributed by atoms with van der Waals surface area (Å²) in [6.07, 6.45) is 3.31. The van der Waals surface area contributed by atoms with Crippen LogP contribution in [0.4, 0.5) is 0 Å². The number of aliphatic hydroxyl groups excluding tert-OH is 2. The maximum Gasteiger partial charge on any atom is 0.302 e. The number of hydrogen-bond acceptors (Lipinski definition) is 4. The minimum absolute atomic E-state index is 0.125. The van der Waals surface area contributed by atoms with Crippen LogP contribution in [0.3, 0.4) is 0 Å². The van der Waals surface area contributed by atoms with Gasteiger partial charge >= 0.3 is 5.97 Å². The van der Waals surface area contributed by atoms with Crippen LogP contribution in [-0.2, 0) is 9.53 Å². The van der Waals surface area contributed by atoms with Gasteiger partial charge in [0.2, 0.25) is 0 Å². The first-order chi connectivity index (χ1) is 6.18. The normalized spacial score (nSPS) is 8.62. The summed E-state index contributed by atoms with van der Waals surface area (Å²) in [5.41, 5.74) is 0. The molecular weight excluding hydrogens is 172 g/mol. The Labute approximate surface area is 79.5 Å². The molecule has 0 aromatic heterocycles. The number of aliphatic hydroxyl groups is 2. The molecule has 13 heavy (non-hydrogen) atoms. The molecule has 0 rings (SSSR count). The van der Waals surface area contributed by atoms with E-state index in [9.17, 15) is 4.79 Å². The lowest BCUT2D eigenvalue weighted by Crippen LogP contribution is -1.99. The second-order valence-electron chi connectivity index (χ2n) is 2.49. The Morgan fingerprint density at radius 3 is 2.08 bits per heavy atom. The van der Waals surface area contributed by atoms with Gasteiger partial charge < -0.3 is 14.9 Å². The average Bonchev–Trinajstić information content (AvgIpc) is 2.13. The number of esters is 1. The Bertz CT molecular complexity index is 102. The maximum atomic E-state index is 10.2. The van der Waals surface area contributed by atoms with E-state index in [0.717, 1.165) is 12.8 Å². The van der Waals surface area contributed by atoms with Gasteiger partial charge in [0.15, 0.2) is 0 Å². The van der Waals surface area contributed by atoms with E-state index in [1.165, 1.54) is 13.3 Å². The van der Waals surface area contributed by atoms with E-state index in [2.05, 4.69) is 6.92 Å². The smallest absolute Gasteiger partial charge is 0.302 e. The third kappa shape index (κ3) is 24.6. The summed E-state index contributed by atoms with van der Waals surface area (Å²) in [6, 6.07) is 0. The van der Waals surface area contributed by atoms with Crippen molar-refractivity contribution in [3.8, 4) is 0 Å². The largest absolute Gasteiger partial charge is 0.466 e. The number of ether oxygens (including phenoxy) is 1. The number of carbonyl (C=O) groups is 1. The molecule has 0 bridgehead atoms. The quantitative estimate of drug-likeness (QED) is 0.497. The van der Waals surface area contributed by atoms with Gasteiger partial charge in [-0.2, -0.15) is 0 Å². The summed E-state index contributed by atoms with van der Waals surface area (Å²) in [7, 11) is 0. The van der Waals surface area contributed by atoms with Gasteiger partial charge in [0, 0.05) is 6.92 Å². The molecule has 0 atom stereocenters. The van der Waals surface area contributed by atoms with Gasteiger partial charge in [0.25, 0.3) is 0 Å². The monoisotopic (exact) mass is 192 g/mol. The fourth-order valence-corrected chi connectivity index (χ4v) is 0.568. The zero-order valence-corrected chi connectivity index (χ0v) is 8.45. The minimum Gasteiger partial charge on any atom is -0.466 e. The molecule has 0 unspecified atom stereocenters. The molecule has 0 saturated heterocycles. The molecule has 4 nitrogen and oxygen atoms in total. The fraction of sp³-hybridized carbons (Fsp3) is 0.889. The number of carbonyl (C=O) groups excluding carboxylic acids is 1. The van der Waals surface area contributed by atoms with Crippen LogP contribution in [0.1, 0.15) is 33.1 Å². The van der Waals surface area contributed by atoms with Crippen molar-refractivity contribution in [3.05, 3.63) is 0 Å². The molecule has 0 heterocycles. The first kappa shape index (κ1) is 14.9. The fourth-order valence-electron chi connectivity index (χ4n) is 0.568. The van der Waals surface area contributed by atoms with Crippen LogP contribution in [0.25, 0.3) is 0 Å². The van der Waals surface area contributed by atoms with E-state index in [4.69, 9.17) is 14.9 Å². The second-order valence-corrected chi connectivity index (χ2v) is 2.49. The first-order valence-electron chi connectivity index (χ1n) is 4.54. The summed E-state index contributed by atoms with van der Waals surface area (Å²) >= 11 is 0. The predicted molar refractivity (Wildman–Crippen MR) is 50.3 cm³/mol. The lowest BCUT2D eigenvalue weighted by Gasteiger charge is -1.98. The summed E-state index contributed by atoms with van der Waals surface area (Å²) in [6.45, 7) is 3.89. The van der Waals surface area contributed by atoms with E-state index >= 15 is 0 Å². The Hall–Kier alpha value is -0.610. The minimum atomic E-state index is -0.175. The molecule has 2 N–H and O–H groups in total. The first-order valence-corrected chi connectivity index (χ1v) is 4.54. The summed E-state index contributed by atoms with van der Waals surface area (Å²) in [5, 5.41) is 15.2. The molecule has 0 fully saturated rings. The van der Waals surface area contributed by atoms with Crippen molar-refractivity contribution < 1.29 is 19.7 Å². The molecular formula is C9H20O4. The Morgan fingerprint density at radius 2 is 1.77 bits per heavy atom. The molecule has 0 radical (unpaired) electrons. The highest BCUT2D eigenvalue weighted by Crippen LogP contribution is 1.93. The molecule has 4 heteroatoms. The van der Waals surface area contributed by atoms with Crippen molar-refractivity contribution in [2.75, 3.05) is 19.8 Å². The van der Waals surface area contributed by atoms with Crippen molar-refractivity contribution in [3.63, 3.8) is 0 Å². The highest BCUT2D eigenvalue weighted by molar-refractivity contribution is 5.65. The summed E-state index contributed by atoms with van der Waals surface area (Å²) in [5.74, 6) is -0.175. The van der Waals surface area contributed by atoms with E-state index in [0.29, 0.717) is 6.61 Å².